The molecule has 0 N–H and O–H groups in total. The SMILES string of the molecule is CC(C)(C)OC(=O)N(CCCCCCN1CCCC1)Cc1ccc(Cl)cc1. The fraction of sp³-hybridized carbons (Fsp3) is 0.682. The number of nitrogens with zero attached hydrogens (tertiary/aromatic N) is 2. The number of hydrogen-bond donors (Lipinski definition) is 0. The number of likely N-dealkylation sites (tertiary alicyclic amines) is 1. The van der Waals surface area contributed by atoms with Gasteiger partial charge < -0.3 is 14.5 Å². The van der Waals surface area contributed by atoms with Crippen LogP contribution in [0.1, 0.15) is 64.9 Å². The van der Waals surface area contributed by atoms with E-state index in [1.165, 1.54) is 45.3 Å². The van der Waals surface area contributed by atoms with Gasteiger partial charge in [-0.2, -0.15) is 0 Å². The van der Waals surface area contributed by atoms with Crippen LogP contribution >= 0.6 is 11.6 Å². The van der Waals surface area contributed by atoms with Gasteiger partial charge in [0, 0.05) is 18.1 Å². The van der Waals surface area contributed by atoms with E-state index in [1.807, 2.05) is 49.9 Å². The molecule has 2 rings (SSSR count). The summed E-state index contributed by atoms with van der Waals surface area (Å²) in [6.45, 7) is 10.8. The molecular weight excluding hydrogens is 360 g/mol. The summed E-state index contributed by atoms with van der Waals surface area (Å²) in [6, 6.07) is 7.66. The first-order valence-corrected chi connectivity index (χ1v) is 10.7. The van der Waals surface area contributed by atoms with E-state index in [0.29, 0.717) is 11.6 Å². The predicted octanol–water partition coefficient (Wildman–Crippen LogP) is 5.73. The highest BCUT2D eigenvalue weighted by molar-refractivity contribution is 6.30. The van der Waals surface area contributed by atoms with Crippen LogP contribution in [0.5, 0.6) is 0 Å². The van der Waals surface area contributed by atoms with Crippen molar-refractivity contribution in [2.45, 2.75) is 71.4 Å². The molecule has 1 aliphatic rings. The van der Waals surface area contributed by atoms with Gasteiger partial charge in [0.1, 0.15) is 5.60 Å². The Morgan fingerprint density at radius 2 is 1.70 bits per heavy atom. The van der Waals surface area contributed by atoms with Crippen LogP contribution in [-0.4, -0.2) is 47.7 Å². The Kier molecular flexibility index (Phi) is 8.91. The Balaban J connectivity index is 1.77. The fourth-order valence-corrected chi connectivity index (χ4v) is 3.50. The van der Waals surface area contributed by atoms with E-state index >= 15 is 0 Å². The van der Waals surface area contributed by atoms with Crippen LogP contribution in [0.2, 0.25) is 5.02 Å². The summed E-state index contributed by atoms with van der Waals surface area (Å²) in [7, 11) is 0. The summed E-state index contributed by atoms with van der Waals surface area (Å²) in [5.74, 6) is 0. The van der Waals surface area contributed by atoms with E-state index in [1.54, 1.807) is 0 Å². The van der Waals surface area contributed by atoms with Crippen LogP contribution in [0, 0.1) is 0 Å². The molecule has 1 fully saturated rings. The van der Waals surface area contributed by atoms with Crippen molar-refractivity contribution >= 4 is 17.7 Å². The lowest BCUT2D eigenvalue weighted by atomic mass is 10.1. The number of amides is 1. The molecule has 0 unspecified atom stereocenters. The largest absolute Gasteiger partial charge is 0.444 e. The van der Waals surface area contributed by atoms with Crippen LogP contribution in [0.3, 0.4) is 0 Å². The number of hydrogen-bond acceptors (Lipinski definition) is 3. The van der Waals surface area contributed by atoms with Crippen molar-refractivity contribution in [1.82, 2.24) is 9.80 Å². The molecule has 1 saturated heterocycles. The third kappa shape index (κ3) is 8.98. The van der Waals surface area contributed by atoms with Crippen molar-refractivity contribution in [2.75, 3.05) is 26.2 Å². The van der Waals surface area contributed by atoms with Crippen molar-refractivity contribution in [2.24, 2.45) is 0 Å². The average Bonchev–Trinajstić information content (AvgIpc) is 3.10. The van der Waals surface area contributed by atoms with Gasteiger partial charge in [-0.25, -0.2) is 4.79 Å². The monoisotopic (exact) mass is 394 g/mol. The predicted molar refractivity (Wildman–Crippen MR) is 112 cm³/mol. The number of unbranched alkanes of at least 4 members (excludes halogenated alkanes) is 3. The van der Waals surface area contributed by atoms with Crippen LogP contribution in [0.4, 0.5) is 4.79 Å². The van der Waals surface area contributed by atoms with Gasteiger partial charge in [0.2, 0.25) is 0 Å². The van der Waals surface area contributed by atoms with Crippen LogP contribution < -0.4 is 0 Å². The maximum absolute atomic E-state index is 12.6. The third-order valence-corrected chi connectivity index (χ3v) is 5.04. The number of carbonyl (C=O) groups is 1. The van der Waals surface area contributed by atoms with Crippen LogP contribution in [-0.2, 0) is 11.3 Å². The molecule has 1 aliphatic heterocycles. The van der Waals surface area contributed by atoms with E-state index in [9.17, 15) is 4.79 Å². The molecule has 0 radical (unpaired) electrons. The first kappa shape index (κ1) is 22.0. The Morgan fingerprint density at radius 3 is 2.33 bits per heavy atom. The van der Waals surface area contributed by atoms with E-state index in [2.05, 4.69) is 4.90 Å². The molecule has 1 aromatic carbocycles. The Bertz CT molecular complexity index is 563. The third-order valence-electron chi connectivity index (χ3n) is 4.79. The molecule has 0 spiro atoms. The maximum atomic E-state index is 12.6. The van der Waals surface area contributed by atoms with E-state index < -0.39 is 5.60 Å². The van der Waals surface area contributed by atoms with Crippen molar-refractivity contribution in [1.29, 1.82) is 0 Å². The van der Waals surface area contributed by atoms with Gasteiger partial charge in [0.25, 0.3) is 0 Å². The quantitative estimate of drug-likeness (QED) is 0.501. The minimum absolute atomic E-state index is 0.241. The summed E-state index contributed by atoms with van der Waals surface area (Å²) in [5.41, 5.74) is 0.588. The molecule has 4 nitrogen and oxygen atoms in total. The van der Waals surface area contributed by atoms with Gasteiger partial charge >= 0.3 is 6.09 Å². The Morgan fingerprint density at radius 1 is 1.07 bits per heavy atom. The smallest absolute Gasteiger partial charge is 0.410 e. The molecule has 5 heteroatoms. The van der Waals surface area contributed by atoms with Gasteiger partial charge in [0.05, 0.1) is 0 Å². The highest BCUT2D eigenvalue weighted by Gasteiger charge is 2.22. The normalized spacial score (nSPS) is 15.1. The molecule has 0 atom stereocenters. The second-order valence-electron chi connectivity index (χ2n) is 8.49. The molecule has 0 aromatic heterocycles. The Hall–Kier alpha value is -1.26. The molecular formula is C22H35ClN2O2. The van der Waals surface area contributed by atoms with Crippen molar-refractivity contribution in [3.05, 3.63) is 34.9 Å². The lowest BCUT2D eigenvalue weighted by molar-refractivity contribution is 0.0230. The van der Waals surface area contributed by atoms with E-state index in [0.717, 1.165) is 24.9 Å². The van der Waals surface area contributed by atoms with Crippen LogP contribution in [0.15, 0.2) is 24.3 Å². The second kappa shape index (κ2) is 10.9. The number of halogens is 1. The van der Waals surface area contributed by atoms with Gasteiger partial charge in [-0.3, -0.25) is 0 Å². The highest BCUT2D eigenvalue weighted by Crippen LogP contribution is 2.16. The van der Waals surface area contributed by atoms with Gasteiger partial charge in [-0.1, -0.05) is 36.6 Å². The molecule has 152 valence electrons. The van der Waals surface area contributed by atoms with Crippen molar-refractivity contribution in [3.8, 4) is 0 Å². The van der Waals surface area contributed by atoms with Crippen LogP contribution in [0.25, 0.3) is 0 Å². The molecule has 0 bridgehead atoms. The summed E-state index contributed by atoms with van der Waals surface area (Å²) in [4.78, 5) is 17.0. The molecule has 27 heavy (non-hydrogen) atoms. The average molecular weight is 395 g/mol. The Labute approximate surface area is 169 Å². The fourth-order valence-electron chi connectivity index (χ4n) is 3.37. The van der Waals surface area contributed by atoms with Gasteiger partial charge in [0.15, 0.2) is 0 Å². The first-order chi connectivity index (χ1) is 12.8. The second-order valence-corrected chi connectivity index (χ2v) is 8.93. The molecule has 1 aromatic rings. The first-order valence-electron chi connectivity index (χ1n) is 10.3. The molecule has 1 amide bonds. The topological polar surface area (TPSA) is 32.8 Å². The summed E-state index contributed by atoms with van der Waals surface area (Å²) >= 11 is 5.97. The maximum Gasteiger partial charge on any atom is 0.410 e. The summed E-state index contributed by atoms with van der Waals surface area (Å²) in [5, 5.41) is 0.709. The number of benzene rings is 1. The lowest BCUT2D eigenvalue weighted by Crippen LogP contribution is -2.37. The summed E-state index contributed by atoms with van der Waals surface area (Å²) in [6.07, 6.45) is 7.10. The van der Waals surface area contributed by atoms with Gasteiger partial charge in [-0.15, -0.1) is 0 Å². The lowest BCUT2D eigenvalue weighted by Gasteiger charge is -2.27. The summed E-state index contributed by atoms with van der Waals surface area (Å²) < 4.78 is 5.60. The van der Waals surface area contributed by atoms with Gasteiger partial charge in [-0.05, 0) is 83.8 Å². The molecule has 0 saturated carbocycles. The number of rotatable bonds is 9. The van der Waals surface area contributed by atoms with Crippen molar-refractivity contribution < 1.29 is 9.53 Å². The molecule has 1 heterocycles. The minimum atomic E-state index is -0.481. The number of carbonyl (C=O) groups excluding carboxylic acids is 1. The highest BCUT2D eigenvalue weighted by atomic mass is 35.5. The van der Waals surface area contributed by atoms with E-state index in [-0.39, 0.29) is 6.09 Å². The number of ether oxygens (including phenoxy) is 1. The minimum Gasteiger partial charge on any atom is -0.444 e. The standard InChI is InChI=1S/C22H35ClN2O2/c1-22(2,3)27-21(26)25(18-19-10-12-20(23)13-11-19)17-7-5-4-6-14-24-15-8-9-16-24/h10-13H,4-9,14-18H2,1-3H3. The zero-order chi connectivity index (χ0) is 19.7. The van der Waals surface area contributed by atoms with E-state index in [4.69, 9.17) is 16.3 Å². The zero-order valence-electron chi connectivity index (χ0n) is 17.2. The van der Waals surface area contributed by atoms with Crippen molar-refractivity contribution in [3.63, 3.8) is 0 Å². The molecule has 0 aliphatic carbocycles. The zero-order valence-corrected chi connectivity index (χ0v) is 17.9.